The number of thioether (sulfide) groups is 1. The number of carbonyl (C=O) groups is 2. The Morgan fingerprint density at radius 2 is 2.07 bits per heavy atom. The largest absolute Gasteiger partial charge is 0.368 e. The quantitative estimate of drug-likeness (QED) is 0.694. The molecule has 1 aliphatic carbocycles. The molecule has 1 heterocycles. The number of hydrogen-bond acceptors (Lipinski definition) is 5. The Morgan fingerprint density at radius 3 is 2.79 bits per heavy atom. The maximum Gasteiger partial charge on any atom is 0.237 e. The van der Waals surface area contributed by atoms with Crippen LogP contribution in [0.2, 0.25) is 0 Å². The van der Waals surface area contributed by atoms with E-state index in [-0.39, 0.29) is 24.2 Å². The van der Waals surface area contributed by atoms with Gasteiger partial charge in [-0.1, -0.05) is 55.3 Å². The molecule has 28 heavy (non-hydrogen) atoms. The first-order valence-electron chi connectivity index (χ1n) is 9.64. The molecule has 3 rings (SSSR count). The number of hydrogen-bond donors (Lipinski definition) is 2. The summed E-state index contributed by atoms with van der Waals surface area (Å²) in [6, 6.07) is 8.06. The second-order valence-corrected chi connectivity index (χ2v) is 8.40. The third-order valence-corrected chi connectivity index (χ3v) is 6.06. The number of carbonyl (C=O) groups excluding carboxylic acids is 2. The highest BCUT2D eigenvalue weighted by molar-refractivity contribution is 7.99. The van der Waals surface area contributed by atoms with Gasteiger partial charge >= 0.3 is 0 Å². The van der Waals surface area contributed by atoms with E-state index in [0.717, 1.165) is 30.4 Å². The lowest BCUT2D eigenvalue weighted by Crippen LogP contribution is -2.41. The minimum absolute atomic E-state index is 0.0190. The fourth-order valence-electron chi connectivity index (χ4n) is 3.60. The van der Waals surface area contributed by atoms with Gasteiger partial charge in [-0.15, -0.1) is 10.2 Å². The zero-order chi connectivity index (χ0) is 20.1. The Labute approximate surface area is 169 Å². The molecular formula is C20H27N5O2S. The lowest BCUT2D eigenvalue weighted by Gasteiger charge is -2.29. The van der Waals surface area contributed by atoms with E-state index in [1.54, 1.807) is 4.57 Å². The summed E-state index contributed by atoms with van der Waals surface area (Å²) in [4.78, 5) is 24.0. The van der Waals surface area contributed by atoms with Crippen LogP contribution in [0.1, 0.15) is 38.2 Å². The van der Waals surface area contributed by atoms with Crippen molar-refractivity contribution in [2.24, 2.45) is 11.7 Å². The molecule has 0 unspecified atom stereocenters. The zero-order valence-corrected chi connectivity index (χ0v) is 17.2. The number of rotatable bonds is 7. The first-order valence-corrected chi connectivity index (χ1v) is 10.6. The van der Waals surface area contributed by atoms with Gasteiger partial charge in [0.05, 0.1) is 5.75 Å². The topological polar surface area (TPSA) is 103 Å². The van der Waals surface area contributed by atoms with Crippen molar-refractivity contribution in [1.29, 1.82) is 0 Å². The van der Waals surface area contributed by atoms with Gasteiger partial charge in [0.1, 0.15) is 6.54 Å². The Bertz CT molecular complexity index is 851. The average molecular weight is 402 g/mol. The number of amides is 2. The lowest BCUT2D eigenvalue weighted by molar-refractivity contribution is -0.120. The number of aromatic nitrogens is 3. The van der Waals surface area contributed by atoms with Gasteiger partial charge in [-0.3, -0.25) is 14.2 Å². The van der Waals surface area contributed by atoms with Crippen LogP contribution >= 0.6 is 11.8 Å². The van der Waals surface area contributed by atoms with Gasteiger partial charge < -0.3 is 11.1 Å². The van der Waals surface area contributed by atoms with Crippen LogP contribution < -0.4 is 11.1 Å². The molecule has 1 fully saturated rings. The third kappa shape index (κ3) is 5.13. The molecule has 3 N–H and O–H groups in total. The number of aryl methyl sites for hydroxylation is 1. The molecule has 0 radical (unpaired) electrons. The Kier molecular flexibility index (Phi) is 6.72. The van der Waals surface area contributed by atoms with Gasteiger partial charge in [0.25, 0.3) is 0 Å². The third-order valence-electron chi connectivity index (χ3n) is 5.10. The van der Waals surface area contributed by atoms with Gasteiger partial charge in [-0.05, 0) is 31.7 Å². The van der Waals surface area contributed by atoms with E-state index in [1.165, 1.54) is 18.2 Å². The van der Waals surface area contributed by atoms with Crippen LogP contribution in [-0.4, -0.2) is 38.4 Å². The van der Waals surface area contributed by atoms with Crippen molar-refractivity contribution in [3.8, 4) is 11.4 Å². The smallest absolute Gasteiger partial charge is 0.237 e. The van der Waals surface area contributed by atoms with Crippen molar-refractivity contribution in [2.75, 3.05) is 5.75 Å². The number of benzene rings is 1. The molecule has 1 aliphatic rings. The van der Waals surface area contributed by atoms with Crippen LogP contribution in [0.3, 0.4) is 0 Å². The molecular weight excluding hydrogens is 374 g/mol. The number of nitrogens with one attached hydrogen (secondary N) is 1. The predicted molar refractivity (Wildman–Crippen MR) is 110 cm³/mol. The highest BCUT2D eigenvalue weighted by atomic mass is 32.2. The lowest BCUT2D eigenvalue weighted by atomic mass is 9.86. The SMILES string of the molecule is Cc1cccc(-c2nnc(SCC(=O)N[C@H]3CCCC[C@@H]3C)n2CC(N)=O)c1. The van der Waals surface area contributed by atoms with E-state index in [2.05, 4.69) is 22.4 Å². The molecule has 0 saturated heterocycles. The van der Waals surface area contributed by atoms with Crippen molar-refractivity contribution in [1.82, 2.24) is 20.1 Å². The molecule has 1 aromatic carbocycles. The number of nitrogens with zero attached hydrogens (tertiary/aromatic N) is 3. The summed E-state index contributed by atoms with van der Waals surface area (Å²) in [5.41, 5.74) is 7.37. The first kappa shape index (κ1) is 20.4. The molecule has 150 valence electrons. The van der Waals surface area contributed by atoms with Crippen LogP contribution in [0.5, 0.6) is 0 Å². The average Bonchev–Trinajstić information content (AvgIpc) is 3.04. The van der Waals surface area contributed by atoms with Crippen LogP contribution in [0.4, 0.5) is 0 Å². The number of primary amides is 1. The van der Waals surface area contributed by atoms with Crippen LogP contribution in [0.25, 0.3) is 11.4 Å². The first-order chi connectivity index (χ1) is 13.4. The summed E-state index contributed by atoms with van der Waals surface area (Å²) < 4.78 is 1.68. The highest BCUT2D eigenvalue weighted by Gasteiger charge is 2.23. The van der Waals surface area contributed by atoms with Gasteiger partial charge in [-0.25, -0.2) is 0 Å². The summed E-state index contributed by atoms with van der Waals surface area (Å²) in [7, 11) is 0. The maximum absolute atomic E-state index is 12.4. The monoisotopic (exact) mass is 401 g/mol. The molecule has 2 amide bonds. The fraction of sp³-hybridized carbons (Fsp3) is 0.500. The summed E-state index contributed by atoms with van der Waals surface area (Å²) in [5, 5.41) is 12.1. The predicted octanol–water partition coefficient (Wildman–Crippen LogP) is 2.53. The molecule has 0 bridgehead atoms. The van der Waals surface area contributed by atoms with Crippen LogP contribution in [0.15, 0.2) is 29.4 Å². The zero-order valence-electron chi connectivity index (χ0n) is 16.4. The minimum atomic E-state index is -0.476. The summed E-state index contributed by atoms with van der Waals surface area (Å²) in [5.74, 6) is 0.819. The molecule has 2 aromatic rings. The second-order valence-electron chi connectivity index (χ2n) is 7.45. The molecule has 0 spiro atoms. The molecule has 1 saturated carbocycles. The van der Waals surface area contributed by atoms with E-state index < -0.39 is 5.91 Å². The summed E-state index contributed by atoms with van der Waals surface area (Å²) in [6.45, 7) is 4.15. The maximum atomic E-state index is 12.4. The van der Waals surface area contributed by atoms with Gasteiger partial charge in [0.15, 0.2) is 11.0 Å². The van der Waals surface area contributed by atoms with Gasteiger partial charge in [0.2, 0.25) is 11.8 Å². The summed E-state index contributed by atoms with van der Waals surface area (Å²) in [6.07, 6.45) is 4.59. The Hall–Kier alpha value is -2.35. The molecule has 7 nitrogen and oxygen atoms in total. The van der Waals surface area contributed by atoms with Crippen molar-refractivity contribution in [3.05, 3.63) is 29.8 Å². The van der Waals surface area contributed by atoms with Gasteiger partial charge in [-0.2, -0.15) is 0 Å². The highest BCUT2D eigenvalue weighted by Crippen LogP contribution is 2.26. The van der Waals surface area contributed by atoms with Crippen molar-refractivity contribution in [2.45, 2.75) is 57.3 Å². The normalized spacial score (nSPS) is 19.4. The molecule has 1 aromatic heterocycles. The fourth-order valence-corrected chi connectivity index (χ4v) is 4.35. The molecule has 0 aliphatic heterocycles. The second kappa shape index (κ2) is 9.23. The van der Waals surface area contributed by atoms with E-state index in [9.17, 15) is 9.59 Å². The van der Waals surface area contributed by atoms with Crippen molar-refractivity contribution < 1.29 is 9.59 Å². The van der Waals surface area contributed by atoms with E-state index in [4.69, 9.17) is 5.73 Å². The standard InChI is InChI=1S/C20H27N5O2S/c1-13-6-5-8-15(10-13)19-23-24-20(25(19)11-17(21)26)28-12-18(27)22-16-9-4-3-7-14(16)2/h5-6,8,10,14,16H,3-4,7,9,11-12H2,1-2H3,(H2,21,26)(H,22,27)/t14-,16-/m0/s1. The van der Waals surface area contributed by atoms with E-state index >= 15 is 0 Å². The Morgan fingerprint density at radius 1 is 1.29 bits per heavy atom. The van der Waals surface area contributed by atoms with Crippen LogP contribution in [0, 0.1) is 12.8 Å². The van der Waals surface area contributed by atoms with E-state index in [0.29, 0.717) is 16.9 Å². The van der Waals surface area contributed by atoms with E-state index in [1.807, 2.05) is 31.2 Å². The minimum Gasteiger partial charge on any atom is -0.368 e. The summed E-state index contributed by atoms with van der Waals surface area (Å²) >= 11 is 1.28. The van der Waals surface area contributed by atoms with Crippen LogP contribution in [-0.2, 0) is 16.1 Å². The Balaban J connectivity index is 1.71. The van der Waals surface area contributed by atoms with Gasteiger partial charge in [0, 0.05) is 11.6 Å². The molecule has 8 heteroatoms. The van der Waals surface area contributed by atoms with Crippen molar-refractivity contribution in [3.63, 3.8) is 0 Å². The number of nitrogens with two attached hydrogens (primary N) is 1. The molecule has 2 atom stereocenters. The van der Waals surface area contributed by atoms with Crippen molar-refractivity contribution >= 4 is 23.6 Å².